The van der Waals surface area contributed by atoms with E-state index in [0.29, 0.717) is 30.6 Å². The van der Waals surface area contributed by atoms with Gasteiger partial charge in [0.1, 0.15) is 0 Å². The zero-order valence-corrected chi connectivity index (χ0v) is 20.8. The summed E-state index contributed by atoms with van der Waals surface area (Å²) >= 11 is 0. The first-order valence-electron chi connectivity index (χ1n) is 12.3. The van der Waals surface area contributed by atoms with Crippen molar-refractivity contribution in [2.24, 2.45) is 0 Å². The molecule has 0 unspecified atom stereocenters. The van der Waals surface area contributed by atoms with Crippen LogP contribution in [0.25, 0.3) is 11.1 Å². The van der Waals surface area contributed by atoms with Crippen molar-refractivity contribution < 1.29 is 14.7 Å². The van der Waals surface area contributed by atoms with Gasteiger partial charge in [0.05, 0.1) is 0 Å². The number of carbonyl (C=O) groups excluding carboxylic acids is 1. The molecule has 36 heavy (non-hydrogen) atoms. The van der Waals surface area contributed by atoms with Gasteiger partial charge in [-0.2, -0.15) is 0 Å². The van der Waals surface area contributed by atoms with Crippen LogP contribution in [-0.2, 0) is 17.9 Å². The lowest BCUT2D eigenvalue weighted by Gasteiger charge is -2.10. The van der Waals surface area contributed by atoms with Gasteiger partial charge in [0.15, 0.2) is 5.78 Å². The average Bonchev–Trinajstić information content (AvgIpc) is 3.32. The second-order valence-corrected chi connectivity index (χ2v) is 9.34. The molecule has 0 spiro atoms. The Morgan fingerprint density at radius 2 is 1.61 bits per heavy atom. The molecule has 5 heteroatoms. The Bertz CT molecular complexity index is 1320. The van der Waals surface area contributed by atoms with E-state index >= 15 is 0 Å². The van der Waals surface area contributed by atoms with Gasteiger partial charge in [-0.25, -0.2) is 0 Å². The molecular weight excluding hydrogens is 448 g/mol. The van der Waals surface area contributed by atoms with E-state index in [1.807, 2.05) is 59.4 Å². The van der Waals surface area contributed by atoms with Crippen molar-refractivity contribution in [2.75, 3.05) is 5.32 Å². The number of aliphatic carboxylic acids is 1. The topological polar surface area (TPSA) is 71.3 Å². The highest BCUT2D eigenvalue weighted by Crippen LogP contribution is 2.25. The number of aryl methyl sites for hydroxylation is 1. The number of nitrogens with zero attached hydrogens (tertiary/aromatic N) is 1. The molecule has 1 aromatic heterocycles. The second kappa shape index (κ2) is 11.5. The lowest BCUT2D eigenvalue weighted by molar-refractivity contribution is -0.137. The zero-order chi connectivity index (χ0) is 25.5. The summed E-state index contributed by atoms with van der Waals surface area (Å²) in [5.41, 5.74) is 6.71. The number of hydrogen-bond donors (Lipinski definition) is 2. The van der Waals surface area contributed by atoms with Crippen LogP contribution in [-0.4, -0.2) is 21.4 Å². The van der Waals surface area contributed by atoms with Gasteiger partial charge in [0, 0.05) is 48.7 Å². The molecule has 0 saturated heterocycles. The highest BCUT2D eigenvalue weighted by Gasteiger charge is 2.19. The number of benzene rings is 3. The summed E-state index contributed by atoms with van der Waals surface area (Å²) in [6.45, 7) is 5.36. The van der Waals surface area contributed by atoms with E-state index in [2.05, 4.69) is 55.6 Å². The highest BCUT2D eigenvalue weighted by atomic mass is 16.4. The largest absolute Gasteiger partial charge is 0.481 e. The summed E-state index contributed by atoms with van der Waals surface area (Å²) in [7, 11) is 0. The van der Waals surface area contributed by atoms with Crippen LogP contribution in [0.4, 0.5) is 5.69 Å². The fourth-order valence-electron chi connectivity index (χ4n) is 4.29. The molecule has 0 fully saturated rings. The van der Waals surface area contributed by atoms with E-state index < -0.39 is 5.97 Å². The van der Waals surface area contributed by atoms with Crippen LogP contribution >= 0.6 is 0 Å². The number of ketones is 1. The second-order valence-electron chi connectivity index (χ2n) is 9.34. The minimum Gasteiger partial charge on any atom is -0.481 e. The standard InChI is InChI=1S/C31H32N2O3/c1-22(2)28-20-33(17-7-12-30(34)35)21-29(28)31(36)26-10-6-11-27(18-26)32-19-23-13-15-25(16-14-23)24-8-4-3-5-9-24/h3-6,8-11,13-16,18,20-22,32H,7,12,17,19H2,1-2H3,(H,34,35). The number of nitrogens with one attached hydrogen (secondary N) is 1. The Balaban J connectivity index is 1.44. The van der Waals surface area contributed by atoms with Crippen LogP contribution in [0.2, 0.25) is 0 Å². The van der Waals surface area contributed by atoms with E-state index in [0.717, 1.165) is 16.8 Å². The molecule has 3 aromatic carbocycles. The fraction of sp³-hybridized carbons (Fsp3) is 0.226. The van der Waals surface area contributed by atoms with Crippen LogP contribution < -0.4 is 5.32 Å². The molecule has 1 heterocycles. The Morgan fingerprint density at radius 1 is 0.889 bits per heavy atom. The highest BCUT2D eigenvalue weighted by molar-refractivity contribution is 6.10. The molecule has 184 valence electrons. The zero-order valence-electron chi connectivity index (χ0n) is 20.8. The Hall–Kier alpha value is -4.12. The van der Waals surface area contributed by atoms with E-state index in [1.54, 1.807) is 0 Å². The van der Waals surface area contributed by atoms with Crippen LogP contribution in [0, 0.1) is 0 Å². The van der Waals surface area contributed by atoms with E-state index in [4.69, 9.17) is 5.11 Å². The quantitative estimate of drug-likeness (QED) is 0.227. The predicted octanol–water partition coefficient (Wildman–Crippen LogP) is 6.99. The molecule has 0 atom stereocenters. The molecule has 0 amide bonds. The first-order chi connectivity index (χ1) is 17.4. The Morgan fingerprint density at radius 3 is 2.31 bits per heavy atom. The smallest absolute Gasteiger partial charge is 0.303 e. The average molecular weight is 481 g/mol. The number of carboxylic acids is 1. The molecule has 0 aliphatic rings. The van der Waals surface area contributed by atoms with Crippen molar-refractivity contribution in [3.05, 3.63) is 114 Å². The number of carboxylic acid groups (broad SMARTS) is 1. The van der Waals surface area contributed by atoms with E-state index in [9.17, 15) is 9.59 Å². The molecule has 0 radical (unpaired) electrons. The van der Waals surface area contributed by atoms with Gasteiger partial charge in [-0.15, -0.1) is 0 Å². The molecule has 5 nitrogen and oxygen atoms in total. The van der Waals surface area contributed by atoms with Crippen molar-refractivity contribution in [3.63, 3.8) is 0 Å². The van der Waals surface area contributed by atoms with Gasteiger partial charge in [-0.3, -0.25) is 9.59 Å². The van der Waals surface area contributed by atoms with Crippen molar-refractivity contribution in [3.8, 4) is 11.1 Å². The molecule has 0 aliphatic carbocycles. The first-order valence-corrected chi connectivity index (χ1v) is 12.3. The monoisotopic (exact) mass is 480 g/mol. The third-order valence-corrected chi connectivity index (χ3v) is 6.27. The van der Waals surface area contributed by atoms with Crippen LogP contribution in [0.15, 0.2) is 91.3 Å². The lowest BCUT2D eigenvalue weighted by Crippen LogP contribution is -2.06. The summed E-state index contributed by atoms with van der Waals surface area (Å²) < 4.78 is 1.94. The third kappa shape index (κ3) is 6.30. The number of anilines is 1. The van der Waals surface area contributed by atoms with Crippen LogP contribution in [0.5, 0.6) is 0 Å². The van der Waals surface area contributed by atoms with Gasteiger partial charge >= 0.3 is 5.97 Å². The maximum absolute atomic E-state index is 13.4. The molecule has 2 N–H and O–H groups in total. The van der Waals surface area contributed by atoms with Gasteiger partial charge in [-0.05, 0) is 46.7 Å². The van der Waals surface area contributed by atoms with Crippen molar-refractivity contribution in [2.45, 2.75) is 45.7 Å². The van der Waals surface area contributed by atoms with Crippen molar-refractivity contribution in [1.29, 1.82) is 0 Å². The van der Waals surface area contributed by atoms with Crippen molar-refractivity contribution >= 4 is 17.4 Å². The Kier molecular flexibility index (Phi) is 8.01. The number of hydrogen-bond acceptors (Lipinski definition) is 3. The van der Waals surface area contributed by atoms with Gasteiger partial charge in [0.25, 0.3) is 0 Å². The summed E-state index contributed by atoms with van der Waals surface area (Å²) in [5, 5.41) is 12.3. The summed E-state index contributed by atoms with van der Waals surface area (Å²) in [4.78, 5) is 24.3. The number of aromatic nitrogens is 1. The lowest BCUT2D eigenvalue weighted by atomic mass is 9.96. The normalized spacial score (nSPS) is 11.0. The maximum Gasteiger partial charge on any atom is 0.303 e. The molecule has 0 saturated carbocycles. The van der Waals surface area contributed by atoms with Gasteiger partial charge < -0.3 is 15.0 Å². The molecular formula is C31H32N2O3. The Labute approximate surface area is 212 Å². The molecule has 0 bridgehead atoms. The van der Waals surface area contributed by atoms with Crippen LogP contribution in [0.3, 0.4) is 0 Å². The third-order valence-electron chi connectivity index (χ3n) is 6.27. The predicted molar refractivity (Wildman–Crippen MR) is 144 cm³/mol. The first kappa shape index (κ1) is 25.0. The van der Waals surface area contributed by atoms with E-state index in [-0.39, 0.29) is 18.1 Å². The number of carbonyl (C=O) groups is 2. The summed E-state index contributed by atoms with van der Waals surface area (Å²) in [6.07, 6.45) is 4.47. The van der Waals surface area contributed by atoms with Crippen LogP contribution in [0.1, 0.15) is 59.7 Å². The number of rotatable bonds is 11. The molecule has 4 aromatic rings. The summed E-state index contributed by atoms with van der Waals surface area (Å²) in [6, 6.07) is 26.4. The van der Waals surface area contributed by atoms with Gasteiger partial charge in [-0.1, -0.05) is 80.6 Å². The fourth-order valence-corrected chi connectivity index (χ4v) is 4.29. The molecule has 0 aliphatic heterocycles. The SMILES string of the molecule is CC(C)c1cn(CCCC(=O)O)cc1C(=O)c1cccc(NCc2ccc(-c3ccccc3)cc2)c1. The van der Waals surface area contributed by atoms with E-state index in [1.165, 1.54) is 11.1 Å². The van der Waals surface area contributed by atoms with Gasteiger partial charge in [0.2, 0.25) is 0 Å². The maximum atomic E-state index is 13.4. The summed E-state index contributed by atoms with van der Waals surface area (Å²) in [5.74, 6) is -0.643. The minimum atomic E-state index is -0.806. The minimum absolute atomic E-state index is 0.0217. The molecule has 4 rings (SSSR count). The van der Waals surface area contributed by atoms with Crippen molar-refractivity contribution in [1.82, 2.24) is 4.57 Å².